The van der Waals surface area contributed by atoms with Gasteiger partial charge in [-0.1, -0.05) is 18.2 Å². The zero-order valence-electron chi connectivity index (χ0n) is 13.4. The van der Waals surface area contributed by atoms with Crippen LogP contribution in [0.4, 0.5) is 5.82 Å². The second kappa shape index (κ2) is 6.71. The molecule has 1 saturated heterocycles. The molecule has 3 aromatic rings. The van der Waals surface area contributed by atoms with Crippen LogP contribution < -0.4 is 10.1 Å². The van der Waals surface area contributed by atoms with Gasteiger partial charge in [-0.25, -0.2) is 0 Å². The zero-order valence-corrected chi connectivity index (χ0v) is 13.4. The molecule has 9 heteroatoms. The van der Waals surface area contributed by atoms with Gasteiger partial charge in [0.15, 0.2) is 12.3 Å². The fourth-order valence-corrected chi connectivity index (χ4v) is 2.79. The molecule has 0 aliphatic carbocycles. The summed E-state index contributed by atoms with van der Waals surface area (Å²) in [6, 6.07) is 13.1. The summed E-state index contributed by atoms with van der Waals surface area (Å²) >= 11 is 0. The van der Waals surface area contributed by atoms with Gasteiger partial charge < -0.3 is 15.0 Å². The first kappa shape index (κ1) is 15.3. The fourth-order valence-electron chi connectivity index (χ4n) is 2.79. The third kappa shape index (κ3) is 3.49. The molecule has 3 heterocycles. The first-order valence-electron chi connectivity index (χ1n) is 8.05. The number of nitrogens with one attached hydrogen (secondary N) is 1. The van der Waals surface area contributed by atoms with Crippen LogP contribution in [0.2, 0.25) is 0 Å². The van der Waals surface area contributed by atoms with E-state index in [9.17, 15) is 4.79 Å². The second-order valence-electron chi connectivity index (χ2n) is 5.82. The van der Waals surface area contributed by atoms with E-state index in [0.29, 0.717) is 30.3 Å². The number of likely N-dealkylation sites (tertiary alicyclic amines) is 1. The van der Waals surface area contributed by atoms with Crippen LogP contribution >= 0.6 is 0 Å². The SMILES string of the molecule is O=C(COc1ccccc1)N1CCC(Nc2ccc3nnnn3n2)C1. The molecule has 0 bridgehead atoms. The number of carbonyl (C=O) groups excluding carboxylic acids is 1. The number of ether oxygens (including phenoxy) is 1. The summed E-state index contributed by atoms with van der Waals surface area (Å²) in [7, 11) is 0. The summed E-state index contributed by atoms with van der Waals surface area (Å²) in [5.74, 6) is 1.36. The van der Waals surface area contributed by atoms with Crippen molar-refractivity contribution in [3.63, 3.8) is 0 Å². The summed E-state index contributed by atoms with van der Waals surface area (Å²) in [6.45, 7) is 1.36. The normalized spacial score (nSPS) is 17.0. The van der Waals surface area contributed by atoms with Crippen LogP contribution in [0.5, 0.6) is 5.75 Å². The van der Waals surface area contributed by atoms with Gasteiger partial charge in [0.05, 0.1) is 0 Å². The van der Waals surface area contributed by atoms with Crippen LogP contribution in [0.15, 0.2) is 42.5 Å². The Morgan fingerprint density at radius 2 is 2.12 bits per heavy atom. The van der Waals surface area contributed by atoms with Crippen molar-refractivity contribution in [3.8, 4) is 5.75 Å². The van der Waals surface area contributed by atoms with Gasteiger partial charge in [-0.15, -0.1) is 14.8 Å². The van der Waals surface area contributed by atoms with Crippen LogP contribution in [0.25, 0.3) is 5.65 Å². The molecule has 128 valence electrons. The van der Waals surface area contributed by atoms with E-state index in [1.54, 1.807) is 11.0 Å². The lowest BCUT2D eigenvalue weighted by molar-refractivity contribution is -0.132. The number of anilines is 1. The summed E-state index contributed by atoms with van der Waals surface area (Å²) in [5.41, 5.74) is 0.590. The van der Waals surface area contributed by atoms with Crippen molar-refractivity contribution in [1.29, 1.82) is 0 Å². The molecule has 1 amide bonds. The molecule has 1 aliphatic rings. The molecule has 25 heavy (non-hydrogen) atoms. The van der Waals surface area contributed by atoms with E-state index in [2.05, 4.69) is 25.9 Å². The number of carbonyl (C=O) groups is 1. The standard InChI is InChI=1S/C16H17N7O2/c24-16(11-25-13-4-2-1-3-5-13)22-9-8-12(10-22)17-14-6-7-15-18-20-21-23(15)19-14/h1-7,12H,8-11H2,(H,17,19). The van der Waals surface area contributed by atoms with Crippen molar-refractivity contribution in [2.24, 2.45) is 0 Å². The molecule has 4 rings (SSSR count). The second-order valence-corrected chi connectivity index (χ2v) is 5.82. The molecule has 1 aliphatic heterocycles. The number of tetrazole rings is 1. The summed E-state index contributed by atoms with van der Waals surface area (Å²) in [6.07, 6.45) is 0.854. The van der Waals surface area contributed by atoms with Crippen molar-refractivity contribution in [2.75, 3.05) is 25.0 Å². The van der Waals surface area contributed by atoms with E-state index in [1.165, 1.54) is 4.63 Å². The highest BCUT2D eigenvalue weighted by atomic mass is 16.5. The highest BCUT2D eigenvalue weighted by Gasteiger charge is 2.26. The lowest BCUT2D eigenvalue weighted by atomic mass is 10.2. The minimum Gasteiger partial charge on any atom is -0.484 e. The molecule has 2 aromatic heterocycles. The minimum absolute atomic E-state index is 0.0166. The monoisotopic (exact) mass is 339 g/mol. The third-order valence-electron chi connectivity index (χ3n) is 4.07. The lowest BCUT2D eigenvalue weighted by Gasteiger charge is -2.17. The molecular weight excluding hydrogens is 322 g/mol. The van der Waals surface area contributed by atoms with Crippen LogP contribution in [0.1, 0.15) is 6.42 Å². The average molecular weight is 339 g/mol. The number of amides is 1. The van der Waals surface area contributed by atoms with Crippen molar-refractivity contribution in [3.05, 3.63) is 42.5 Å². The van der Waals surface area contributed by atoms with Gasteiger partial charge in [-0.3, -0.25) is 4.79 Å². The Morgan fingerprint density at radius 3 is 3.00 bits per heavy atom. The smallest absolute Gasteiger partial charge is 0.260 e. The van der Waals surface area contributed by atoms with Crippen molar-refractivity contribution >= 4 is 17.4 Å². The molecule has 0 spiro atoms. The van der Waals surface area contributed by atoms with E-state index < -0.39 is 0 Å². The molecule has 1 unspecified atom stereocenters. The third-order valence-corrected chi connectivity index (χ3v) is 4.07. The number of benzene rings is 1. The predicted molar refractivity (Wildman–Crippen MR) is 89.1 cm³/mol. The predicted octanol–water partition coefficient (Wildman–Crippen LogP) is 0.611. The molecular formula is C16H17N7O2. The molecule has 9 nitrogen and oxygen atoms in total. The van der Waals surface area contributed by atoms with Gasteiger partial charge in [-0.2, -0.15) is 0 Å². The topological polar surface area (TPSA) is 97.5 Å². The van der Waals surface area contributed by atoms with Crippen LogP contribution in [0.3, 0.4) is 0 Å². The van der Waals surface area contributed by atoms with Crippen LogP contribution in [-0.4, -0.2) is 61.8 Å². The van der Waals surface area contributed by atoms with Gasteiger partial charge in [-0.05, 0) is 41.1 Å². The highest BCUT2D eigenvalue weighted by molar-refractivity contribution is 5.78. The minimum atomic E-state index is -0.0166. The summed E-state index contributed by atoms with van der Waals surface area (Å²) in [4.78, 5) is 14.1. The van der Waals surface area contributed by atoms with E-state index in [4.69, 9.17) is 4.74 Å². The molecule has 1 atom stereocenters. The Morgan fingerprint density at radius 1 is 1.24 bits per heavy atom. The zero-order chi connectivity index (χ0) is 17.1. The molecule has 1 N–H and O–H groups in total. The fraction of sp³-hybridized carbons (Fsp3) is 0.312. The number of nitrogens with zero attached hydrogens (tertiary/aromatic N) is 6. The Hall–Kier alpha value is -3.23. The number of hydrogen-bond donors (Lipinski definition) is 1. The highest BCUT2D eigenvalue weighted by Crippen LogP contribution is 2.15. The molecule has 1 fully saturated rings. The van der Waals surface area contributed by atoms with Gasteiger partial charge in [0.2, 0.25) is 0 Å². The van der Waals surface area contributed by atoms with Gasteiger partial charge in [0.25, 0.3) is 5.91 Å². The summed E-state index contributed by atoms with van der Waals surface area (Å²) in [5, 5.41) is 18.8. The van der Waals surface area contributed by atoms with Crippen molar-refractivity contribution < 1.29 is 9.53 Å². The van der Waals surface area contributed by atoms with Gasteiger partial charge >= 0.3 is 0 Å². The van der Waals surface area contributed by atoms with Crippen LogP contribution in [-0.2, 0) is 4.79 Å². The van der Waals surface area contributed by atoms with Crippen molar-refractivity contribution in [2.45, 2.75) is 12.5 Å². The van der Waals surface area contributed by atoms with Gasteiger partial charge in [0, 0.05) is 19.1 Å². The maximum atomic E-state index is 12.3. The number of para-hydroxylation sites is 1. The Labute approximate surface area is 143 Å². The average Bonchev–Trinajstić information content (AvgIpc) is 3.29. The number of rotatable bonds is 5. The van der Waals surface area contributed by atoms with Gasteiger partial charge in [0.1, 0.15) is 11.6 Å². The first-order chi connectivity index (χ1) is 12.3. The maximum absolute atomic E-state index is 12.3. The van der Waals surface area contributed by atoms with Crippen molar-refractivity contribution in [1.82, 2.24) is 30.2 Å². The lowest BCUT2D eigenvalue weighted by Crippen LogP contribution is -2.35. The van der Waals surface area contributed by atoms with E-state index >= 15 is 0 Å². The Kier molecular flexibility index (Phi) is 4.11. The number of aromatic nitrogens is 5. The first-order valence-corrected chi connectivity index (χ1v) is 8.05. The largest absolute Gasteiger partial charge is 0.484 e. The van der Waals surface area contributed by atoms with E-state index in [1.807, 2.05) is 36.4 Å². The van der Waals surface area contributed by atoms with E-state index in [-0.39, 0.29) is 18.6 Å². The molecule has 0 radical (unpaired) electrons. The van der Waals surface area contributed by atoms with E-state index in [0.717, 1.165) is 6.42 Å². The molecule has 1 aromatic carbocycles. The number of hydrogen-bond acceptors (Lipinski definition) is 7. The van der Waals surface area contributed by atoms with Crippen LogP contribution in [0, 0.1) is 0 Å². The summed E-state index contributed by atoms with van der Waals surface area (Å²) < 4.78 is 6.89. The quantitative estimate of drug-likeness (QED) is 0.727. The molecule has 0 saturated carbocycles. The Bertz CT molecular complexity index is 867. The number of fused-ring (bicyclic) bond motifs is 1. The maximum Gasteiger partial charge on any atom is 0.260 e. The Balaban J connectivity index is 1.30.